The Bertz CT molecular complexity index is 936. The van der Waals surface area contributed by atoms with Gasteiger partial charge in [-0.1, -0.05) is 31.2 Å². The maximum absolute atomic E-state index is 12.0. The fraction of sp³-hybridized carbons (Fsp3) is 0.222. The van der Waals surface area contributed by atoms with Crippen molar-refractivity contribution in [3.8, 4) is 0 Å². The highest BCUT2D eigenvalue weighted by Gasteiger charge is 2.29. The number of sulfonamides is 1. The van der Waals surface area contributed by atoms with Gasteiger partial charge in [0, 0.05) is 17.7 Å². The summed E-state index contributed by atoms with van der Waals surface area (Å²) in [4.78, 5) is 16.5. The van der Waals surface area contributed by atoms with E-state index in [1.54, 1.807) is 18.2 Å². The third-order valence-corrected chi connectivity index (χ3v) is 5.29. The van der Waals surface area contributed by atoms with E-state index in [9.17, 15) is 13.2 Å². The second kappa shape index (κ2) is 7.06. The molecule has 3 rings (SSSR count). The van der Waals surface area contributed by atoms with Crippen molar-refractivity contribution in [1.29, 1.82) is 0 Å². The van der Waals surface area contributed by atoms with Crippen molar-refractivity contribution in [2.75, 3.05) is 11.9 Å². The molecule has 0 atom stereocenters. The van der Waals surface area contributed by atoms with Gasteiger partial charge in [-0.25, -0.2) is 8.42 Å². The van der Waals surface area contributed by atoms with Gasteiger partial charge >= 0.3 is 0 Å². The number of nitrogens with one attached hydrogen (secondary N) is 2. The van der Waals surface area contributed by atoms with E-state index in [1.165, 1.54) is 6.07 Å². The van der Waals surface area contributed by atoms with Crippen LogP contribution < -0.4 is 10.0 Å². The molecule has 1 amide bonds. The molecule has 1 aliphatic heterocycles. The molecular weight excluding hydrogens is 338 g/mol. The van der Waals surface area contributed by atoms with Crippen LogP contribution in [0.3, 0.4) is 0 Å². The molecule has 130 valence electrons. The highest BCUT2D eigenvalue weighted by Crippen LogP contribution is 2.22. The minimum atomic E-state index is -3.54. The number of aryl methyl sites for hydroxylation is 1. The third kappa shape index (κ3) is 3.88. The van der Waals surface area contributed by atoms with E-state index in [-0.39, 0.29) is 29.6 Å². The first-order valence-electron chi connectivity index (χ1n) is 8.05. The number of amides is 1. The zero-order valence-electron chi connectivity index (χ0n) is 13.8. The van der Waals surface area contributed by atoms with Gasteiger partial charge in [0.2, 0.25) is 5.91 Å². The maximum atomic E-state index is 12.0. The molecular formula is C18H19N3O3S. The predicted octanol–water partition coefficient (Wildman–Crippen LogP) is 2.32. The number of rotatable bonds is 5. The number of nitrogens with zero attached hydrogens (tertiary/aromatic N) is 1. The van der Waals surface area contributed by atoms with Crippen molar-refractivity contribution >= 4 is 27.5 Å². The number of hydrogen-bond acceptors (Lipinski definition) is 4. The van der Waals surface area contributed by atoms with Gasteiger partial charge in [0.1, 0.15) is 5.84 Å². The van der Waals surface area contributed by atoms with Crippen LogP contribution in [-0.4, -0.2) is 26.7 Å². The van der Waals surface area contributed by atoms with Crippen LogP contribution in [-0.2, 0) is 21.2 Å². The van der Waals surface area contributed by atoms with E-state index in [0.717, 1.165) is 17.7 Å². The Labute approximate surface area is 147 Å². The maximum Gasteiger partial charge on any atom is 0.263 e. The number of amidine groups is 1. The number of carbonyl (C=O) groups is 1. The summed E-state index contributed by atoms with van der Waals surface area (Å²) in [6.07, 6.45) is 1.07. The molecule has 2 aromatic rings. The fourth-order valence-corrected chi connectivity index (χ4v) is 3.86. The van der Waals surface area contributed by atoms with Crippen molar-refractivity contribution in [3.05, 3.63) is 59.7 Å². The summed E-state index contributed by atoms with van der Waals surface area (Å²) in [6, 6.07) is 14.3. The lowest BCUT2D eigenvalue weighted by Gasteiger charge is -2.06. The number of carbonyl (C=O) groups excluding carboxylic acids is 1. The highest BCUT2D eigenvalue weighted by atomic mass is 32.2. The highest BCUT2D eigenvalue weighted by molar-refractivity contribution is 7.90. The quantitative estimate of drug-likeness (QED) is 0.861. The van der Waals surface area contributed by atoms with Crippen molar-refractivity contribution in [2.45, 2.75) is 24.7 Å². The molecule has 0 aliphatic carbocycles. The van der Waals surface area contributed by atoms with Crippen LogP contribution in [0.2, 0.25) is 0 Å². The molecule has 6 nitrogen and oxygen atoms in total. The van der Waals surface area contributed by atoms with E-state index in [0.29, 0.717) is 5.56 Å². The molecule has 2 N–H and O–H groups in total. The standard InChI is InChI=1S/C18H19N3O3S/c1-2-13-6-5-7-14(12-13)20-17(22)10-11-19-18-15-8-3-4-9-16(15)25(23,24)21-18/h3-9,12H,2,10-11H2,1H3,(H,19,21)(H,20,22). The Balaban J connectivity index is 1.63. The minimum Gasteiger partial charge on any atom is -0.326 e. The summed E-state index contributed by atoms with van der Waals surface area (Å²) in [6.45, 7) is 2.25. The van der Waals surface area contributed by atoms with Crippen LogP contribution in [0.15, 0.2) is 58.4 Å². The van der Waals surface area contributed by atoms with Gasteiger partial charge in [-0.2, -0.15) is 0 Å². The van der Waals surface area contributed by atoms with Gasteiger partial charge in [-0.15, -0.1) is 0 Å². The molecule has 2 aromatic carbocycles. The van der Waals surface area contributed by atoms with E-state index in [4.69, 9.17) is 0 Å². The van der Waals surface area contributed by atoms with Crippen LogP contribution in [0, 0.1) is 0 Å². The molecule has 0 fully saturated rings. The summed E-state index contributed by atoms with van der Waals surface area (Å²) in [5.74, 6) is 0.128. The van der Waals surface area contributed by atoms with Gasteiger partial charge in [-0.3, -0.25) is 14.5 Å². The Hall–Kier alpha value is -2.67. The van der Waals surface area contributed by atoms with Gasteiger partial charge in [-0.05, 0) is 36.2 Å². The molecule has 0 bridgehead atoms. The summed E-state index contributed by atoms with van der Waals surface area (Å²) in [5, 5.41) is 2.83. The zero-order valence-corrected chi connectivity index (χ0v) is 14.6. The van der Waals surface area contributed by atoms with Crippen LogP contribution in [0.4, 0.5) is 5.69 Å². The number of anilines is 1. The van der Waals surface area contributed by atoms with Crippen molar-refractivity contribution < 1.29 is 13.2 Å². The number of benzene rings is 2. The summed E-state index contributed by atoms with van der Waals surface area (Å²) >= 11 is 0. The van der Waals surface area contributed by atoms with Crippen molar-refractivity contribution in [2.24, 2.45) is 4.99 Å². The Morgan fingerprint density at radius 2 is 1.96 bits per heavy atom. The van der Waals surface area contributed by atoms with E-state index < -0.39 is 10.0 Å². The second-order valence-electron chi connectivity index (χ2n) is 5.68. The Kier molecular flexibility index (Phi) is 4.85. The summed E-state index contributed by atoms with van der Waals surface area (Å²) in [7, 11) is -3.54. The SMILES string of the molecule is CCc1cccc(NC(=O)CCN=C2NS(=O)(=O)c3ccccc32)c1. The monoisotopic (exact) mass is 357 g/mol. The lowest BCUT2D eigenvalue weighted by molar-refractivity contribution is -0.116. The number of hydrogen-bond donors (Lipinski definition) is 2. The van der Waals surface area contributed by atoms with E-state index in [2.05, 4.69) is 22.0 Å². The number of aliphatic imine (C=N–C) groups is 1. The number of fused-ring (bicyclic) bond motifs is 1. The second-order valence-corrected chi connectivity index (χ2v) is 7.33. The molecule has 0 aromatic heterocycles. The Morgan fingerprint density at radius 3 is 2.76 bits per heavy atom. The third-order valence-electron chi connectivity index (χ3n) is 3.89. The summed E-state index contributed by atoms with van der Waals surface area (Å²) in [5.41, 5.74) is 2.44. The van der Waals surface area contributed by atoms with E-state index in [1.807, 2.05) is 24.3 Å². The smallest absolute Gasteiger partial charge is 0.263 e. The molecule has 0 saturated carbocycles. The van der Waals surface area contributed by atoms with Crippen LogP contribution in [0.25, 0.3) is 0 Å². The molecule has 1 heterocycles. The lowest BCUT2D eigenvalue weighted by Crippen LogP contribution is -2.23. The Morgan fingerprint density at radius 1 is 1.16 bits per heavy atom. The van der Waals surface area contributed by atoms with Gasteiger partial charge in [0.25, 0.3) is 10.0 Å². The molecule has 0 unspecified atom stereocenters. The van der Waals surface area contributed by atoms with Crippen LogP contribution >= 0.6 is 0 Å². The normalized spacial score (nSPS) is 16.3. The molecule has 1 aliphatic rings. The molecule has 0 spiro atoms. The van der Waals surface area contributed by atoms with Crippen LogP contribution in [0.5, 0.6) is 0 Å². The topological polar surface area (TPSA) is 87.6 Å². The van der Waals surface area contributed by atoms with Gasteiger partial charge in [0.15, 0.2) is 0 Å². The van der Waals surface area contributed by atoms with E-state index >= 15 is 0 Å². The zero-order chi connectivity index (χ0) is 17.9. The average molecular weight is 357 g/mol. The minimum absolute atomic E-state index is 0.160. The predicted molar refractivity (Wildman–Crippen MR) is 97.2 cm³/mol. The van der Waals surface area contributed by atoms with Crippen LogP contribution in [0.1, 0.15) is 24.5 Å². The first-order chi connectivity index (χ1) is 12.0. The molecule has 0 radical (unpaired) electrons. The molecule has 0 saturated heterocycles. The van der Waals surface area contributed by atoms with Crippen molar-refractivity contribution in [1.82, 2.24) is 4.72 Å². The largest absolute Gasteiger partial charge is 0.326 e. The average Bonchev–Trinajstić information content (AvgIpc) is 2.86. The van der Waals surface area contributed by atoms with Crippen molar-refractivity contribution in [3.63, 3.8) is 0 Å². The lowest BCUT2D eigenvalue weighted by atomic mass is 10.1. The van der Waals surface area contributed by atoms with Gasteiger partial charge in [0.05, 0.1) is 11.4 Å². The van der Waals surface area contributed by atoms with Gasteiger partial charge < -0.3 is 5.32 Å². The molecule has 7 heteroatoms. The first kappa shape index (κ1) is 17.2. The molecule has 25 heavy (non-hydrogen) atoms. The summed E-state index contributed by atoms with van der Waals surface area (Å²) < 4.78 is 26.4. The fourth-order valence-electron chi connectivity index (χ4n) is 2.61. The first-order valence-corrected chi connectivity index (χ1v) is 9.53.